The summed E-state index contributed by atoms with van der Waals surface area (Å²) in [6.07, 6.45) is 0.734. The molecular weight excluding hydrogens is 376 g/mol. The molecule has 0 atom stereocenters. The van der Waals surface area contributed by atoms with Crippen LogP contribution < -0.4 is 11.2 Å². The smallest absolute Gasteiger partial charge is 0.332 e. The van der Waals surface area contributed by atoms with Crippen LogP contribution in [0.4, 0.5) is 0 Å². The SMILES string of the molecule is CCOC(=O)Cn1c(=O)n(Cc2ccccc2)c(=O)c2c(CC(C)C)csc21. The predicted molar refractivity (Wildman–Crippen MR) is 111 cm³/mol. The zero-order chi connectivity index (χ0) is 20.3. The highest BCUT2D eigenvalue weighted by molar-refractivity contribution is 7.17. The van der Waals surface area contributed by atoms with Gasteiger partial charge in [0.2, 0.25) is 0 Å². The van der Waals surface area contributed by atoms with E-state index in [9.17, 15) is 14.4 Å². The molecular formula is C21H24N2O4S. The van der Waals surface area contributed by atoms with Crippen molar-refractivity contribution >= 4 is 27.5 Å². The van der Waals surface area contributed by atoms with Crippen molar-refractivity contribution in [3.8, 4) is 0 Å². The standard InChI is InChI=1S/C21H24N2O4S/c1-4-27-17(24)12-23-20-18(16(13-28-20)10-14(2)3)19(25)22(21(23)26)11-15-8-6-5-7-9-15/h5-9,13-14H,4,10-12H2,1-3H3. The number of hydrogen-bond donors (Lipinski definition) is 0. The van der Waals surface area contributed by atoms with Crippen molar-refractivity contribution < 1.29 is 9.53 Å². The quantitative estimate of drug-likeness (QED) is 0.572. The van der Waals surface area contributed by atoms with Gasteiger partial charge in [-0.3, -0.25) is 18.7 Å². The van der Waals surface area contributed by atoms with Crippen molar-refractivity contribution in [3.63, 3.8) is 0 Å². The van der Waals surface area contributed by atoms with Crippen molar-refractivity contribution in [2.75, 3.05) is 6.61 Å². The number of ether oxygens (including phenoxy) is 1. The summed E-state index contributed by atoms with van der Waals surface area (Å²) < 4.78 is 7.61. The lowest BCUT2D eigenvalue weighted by molar-refractivity contribution is -0.143. The zero-order valence-electron chi connectivity index (χ0n) is 16.3. The molecule has 1 aromatic carbocycles. The summed E-state index contributed by atoms with van der Waals surface area (Å²) >= 11 is 1.33. The molecule has 0 saturated heterocycles. The van der Waals surface area contributed by atoms with Gasteiger partial charge in [-0.25, -0.2) is 4.79 Å². The van der Waals surface area contributed by atoms with Crippen LogP contribution in [0.25, 0.3) is 10.2 Å². The number of hydrogen-bond acceptors (Lipinski definition) is 5. The maximum absolute atomic E-state index is 13.2. The molecule has 0 fully saturated rings. The first-order chi connectivity index (χ1) is 13.4. The van der Waals surface area contributed by atoms with Gasteiger partial charge in [-0.2, -0.15) is 0 Å². The van der Waals surface area contributed by atoms with Gasteiger partial charge < -0.3 is 4.74 Å². The Morgan fingerprint density at radius 1 is 1.14 bits per heavy atom. The van der Waals surface area contributed by atoms with Crippen LogP contribution in [0, 0.1) is 5.92 Å². The fourth-order valence-corrected chi connectivity index (χ4v) is 4.31. The Morgan fingerprint density at radius 2 is 1.86 bits per heavy atom. The van der Waals surface area contributed by atoms with Gasteiger partial charge in [0.05, 0.1) is 18.5 Å². The summed E-state index contributed by atoms with van der Waals surface area (Å²) in [5.41, 5.74) is 0.969. The topological polar surface area (TPSA) is 70.3 Å². The van der Waals surface area contributed by atoms with Gasteiger partial charge in [0.15, 0.2) is 0 Å². The average molecular weight is 401 g/mol. The van der Waals surface area contributed by atoms with E-state index in [1.165, 1.54) is 20.5 Å². The van der Waals surface area contributed by atoms with Crippen LogP contribution in [-0.2, 0) is 29.0 Å². The number of esters is 1. The van der Waals surface area contributed by atoms with Gasteiger partial charge in [0, 0.05) is 0 Å². The van der Waals surface area contributed by atoms with Crippen LogP contribution in [0.5, 0.6) is 0 Å². The van der Waals surface area contributed by atoms with Crippen LogP contribution in [-0.4, -0.2) is 21.7 Å². The number of aromatic nitrogens is 2. The maximum atomic E-state index is 13.2. The number of carbonyl (C=O) groups excluding carboxylic acids is 1. The molecule has 0 radical (unpaired) electrons. The van der Waals surface area contributed by atoms with Gasteiger partial charge in [-0.15, -0.1) is 11.3 Å². The minimum Gasteiger partial charge on any atom is -0.465 e. The molecule has 3 rings (SSSR count). The van der Waals surface area contributed by atoms with Gasteiger partial charge in [0.25, 0.3) is 5.56 Å². The van der Waals surface area contributed by atoms with E-state index < -0.39 is 11.7 Å². The summed E-state index contributed by atoms with van der Waals surface area (Å²) in [6, 6.07) is 9.35. The molecule has 0 unspecified atom stereocenters. The molecule has 0 aliphatic rings. The third kappa shape index (κ3) is 4.09. The van der Waals surface area contributed by atoms with Crippen LogP contribution >= 0.6 is 11.3 Å². The van der Waals surface area contributed by atoms with Crippen LogP contribution in [0.1, 0.15) is 31.9 Å². The Kier molecular flexibility index (Phi) is 6.14. The largest absolute Gasteiger partial charge is 0.465 e. The molecule has 6 nitrogen and oxygen atoms in total. The van der Waals surface area contributed by atoms with E-state index in [0.29, 0.717) is 16.1 Å². The molecule has 7 heteroatoms. The molecule has 0 saturated carbocycles. The van der Waals surface area contributed by atoms with E-state index in [-0.39, 0.29) is 25.3 Å². The Morgan fingerprint density at radius 3 is 2.50 bits per heavy atom. The predicted octanol–water partition coefficient (Wildman–Crippen LogP) is 3.03. The fourth-order valence-electron chi connectivity index (χ4n) is 3.23. The zero-order valence-corrected chi connectivity index (χ0v) is 17.1. The Bertz CT molecular complexity index is 1090. The molecule has 0 aliphatic carbocycles. The lowest BCUT2D eigenvalue weighted by atomic mass is 10.0. The average Bonchev–Trinajstić information content (AvgIpc) is 3.06. The van der Waals surface area contributed by atoms with Crippen LogP contribution in [0.2, 0.25) is 0 Å². The van der Waals surface area contributed by atoms with Crippen LogP contribution in [0.3, 0.4) is 0 Å². The second kappa shape index (κ2) is 8.56. The first-order valence-electron chi connectivity index (χ1n) is 9.35. The van der Waals surface area contributed by atoms with E-state index >= 15 is 0 Å². The van der Waals surface area contributed by atoms with Crippen molar-refractivity contribution in [2.45, 2.75) is 40.3 Å². The molecule has 0 bridgehead atoms. The van der Waals surface area contributed by atoms with Crippen molar-refractivity contribution in [1.82, 2.24) is 9.13 Å². The first kappa shape index (κ1) is 20.1. The van der Waals surface area contributed by atoms with E-state index in [4.69, 9.17) is 4.74 Å². The van der Waals surface area contributed by atoms with Crippen molar-refractivity contribution in [1.29, 1.82) is 0 Å². The number of carbonyl (C=O) groups is 1. The van der Waals surface area contributed by atoms with E-state index in [1.54, 1.807) is 6.92 Å². The number of thiophene rings is 1. The van der Waals surface area contributed by atoms with E-state index in [1.807, 2.05) is 35.7 Å². The first-order valence-corrected chi connectivity index (χ1v) is 10.2. The summed E-state index contributed by atoms with van der Waals surface area (Å²) in [4.78, 5) is 38.9. The number of nitrogens with zero attached hydrogens (tertiary/aromatic N) is 2. The second-order valence-electron chi connectivity index (χ2n) is 7.09. The molecule has 2 heterocycles. The highest BCUT2D eigenvalue weighted by Crippen LogP contribution is 2.24. The van der Waals surface area contributed by atoms with Gasteiger partial charge in [0.1, 0.15) is 11.4 Å². The minimum atomic E-state index is -0.493. The molecule has 3 aromatic rings. The molecule has 28 heavy (non-hydrogen) atoms. The highest BCUT2D eigenvalue weighted by Gasteiger charge is 2.20. The molecule has 0 N–H and O–H groups in total. The van der Waals surface area contributed by atoms with Crippen molar-refractivity contribution in [3.05, 3.63) is 67.7 Å². The number of rotatable bonds is 7. The van der Waals surface area contributed by atoms with Crippen LogP contribution in [0.15, 0.2) is 45.3 Å². The number of benzene rings is 1. The summed E-state index contributed by atoms with van der Waals surface area (Å²) in [6.45, 7) is 6.08. The molecule has 148 valence electrons. The molecule has 0 amide bonds. The molecule has 0 aliphatic heterocycles. The summed E-state index contributed by atoms with van der Waals surface area (Å²) in [5.74, 6) is -0.125. The summed E-state index contributed by atoms with van der Waals surface area (Å²) in [5, 5.41) is 2.44. The fraction of sp³-hybridized carbons (Fsp3) is 0.381. The monoisotopic (exact) mass is 400 g/mol. The Hall–Kier alpha value is -2.67. The maximum Gasteiger partial charge on any atom is 0.332 e. The van der Waals surface area contributed by atoms with Gasteiger partial charge >= 0.3 is 11.7 Å². The minimum absolute atomic E-state index is 0.161. The second-order valence-corrected chi connectivity index (χ2v) is 7.95. The molecule has 2 aromatic heterocycles. The normalized spacial score (nSPS) is 11.3. The lowest BCUT2D eigenvalue weighted by Gasteiger charge is -2.13. The molecule has 0 spiro atoms. The number of fused-ring (bicyclic) bond motifs is 1. The third-order valence-electron chi connectivity index (χ3n) is 4.42. The third-order valence-corrected chi connectivity index (χ3v) is 5.47. The summed E-state index contributed by atoms with van der Waals surface area (Å²) in [7, 11) is 0. The van der Waals surface area contributed by atoms with Crippen molar-refractivity contribution in [2.24, 2.45) is 5.92 Å². The van der Waals surface area contributed by atoms with Gasteiger partial charge in [-0.1, -0.05) is 44.2 Å². The van der Waals surface area contributed by atoms with Gasteiger partial charge in [-0.05, 0) is 35.8 Å². The van der Waals surface area contributed by atoms with E-state index in [0.717, 1.165) is 17.5 Å². The Balaban J connectivity index is 2.22. The van der Waals surface area contributed by atoms with E-state index in [2.05, 4.69) is 13.8 Å². The highest BCUT2D eigenvalue weighted by atomic mass is 32.1. The Labute approximate surface area is 167 Å². The lowest BCUT2D eigenvalue weighted by Crippen LogP contribution is -2.41.